The number of benzene rings is 1. The molecule has 0 aromatic heterocycles. The Balaban J connectivity index is 1.69. The van der Waals surface area contributed by atoms with E-state index in [9.17, 15) is 4.79 Å². The monoisotopic (exact) mass is 320 g/mol. The molecule has 5 nitrogen and oxygen atoms in total. The zero-order valence-electron chi connectivity index (χ0n) is 14.4. The zero-order chi connectivity index (χ0) is 16.7. The van der Waals surface area contributed by atoms with E-state index in [1.807, 2.05) is 45.0 Å². The van der Waals surface area contributed by atoms with Gasteiger partial charge in [0.05, 0.1) is 19.8 Å². The van der Waals surface area contributed by atoms with E-state index in [0.29, 0.717) is 6.61 Å². The van der Waals surface area contributed by atoms with Gasteiger partial charge in [-0.2, -0.15) is 0 Å². The van der Waals surface area contributed by atoms with Gasteiger partial charge in [-0.05, 0) is 30.7 Å². The third kappa shape index (κ3) is 6.20. The number of carbonyl (C=O) groups is 1. The molecule has 1 aliphatic rings. The van der Waals surface area contributed by atoms with Crippen LogP contribution >= 0.6 is 0 Å². The Morgan fingerprint density at radius 1 is 1.22 bits per heavy atom. The topological polar surface area (TPSA) is 50.8 Å². The fourth-order valence-corrected chi connectivity index (χ4v) is 2.26. The third-order valence-corrected chi connectivity index (χ3v) is 3.78. The van der Waals surface area contributed by atoms with Crippen LogP contribution in [-0.2, 0) is 9.53 Å². The quantitative estimate of drug-likeness (QED) is 0.819. The predicted molar refractivity (Wildman–Crippen MR) is 91.9 cm³/mol. The van der Waals surface area contributed by atoms with Gasteiger partial charge in [0.1, 0.15) is 5.75 Å². The molecule has 1 heterocycles. The van der Waals surface area contributed by atoms with Gasteiger partial charge in [0.2, 0.25) is 5.91 Å². The fraction of sp³-hybridized carbons (Fsp3) is 0.611. The molecule has 5 heteroatoms. The molecule has 0 atom stereocenters. The molecule has 0 bridgehead atoms. The smallest absolute Gasteiger partial charge is 0.229 e. The van der Waals surface area contributed by atoms with Crippen LogP contribution in [0, 0.1) is 5.41 Å². The van der Waals surface area contributed by atoms with E-state index < -0.39 is 5.41 Å². The van der Waals surface area contributed by atoms with Gasteiger partial charge in [-0.15, -0.1) is 0 Å². The van der Waals surface area contributed by atoms with Crippen LogP contribution in [0.25, 0.3) is 0 Å². The van der Waals surface area contributed by atoms with E-state index >= 15 is 0 Å². The Labute approximate surface area is 139 Å². The largest absolute Gasteiger partial charge is 0.494 e. The van der Waals surface area contributed by atoms with Gasteiger partial charge in [0.25, 0.3) is 0 Å². The molecule has 1 aromatic rings. The molecule has 23 heavy (non-hydrogen) atoms. The van der Waals surface area contributed by atoms with Gasteiger partial charge in [-0.25, -0.2) is 0 Å². The number of amides is 1. The van der Waals surface area contributed by atoms with Crippen LogP contribution in [0.15, 0.2) is 24.3 Å². The van der Waals surface area contributed by atoms with E-state index in [2.05, 4.69) is 10.2 Å². The minimum absolute atomic E-state index is 0.0108. The summed E-state index contributed by atoms with van der Waals surface area (Å²) in [6, 6.07) is 7.54. The number of anilines is 1. The molecule has 0 aliphatic carbocycles. The minimum Gasteiger partial charge on any atom is -0.494 e. The van der Waals surface area contributed by atoms with Crippen LogP contribution in [0.4, 0.5) is 5.69 Å². The van der Waals surface area contributed by atoms with Crippen molar-refractivity contribution in [3.8, 4) is 5.75 Å². The highest BCUT2D eigenvalue weighted by Gasteiger charge is 2.21. The number of morpholine rings is 1. The molecular weight excluding hydrogens is 292 g/mol. The van der Waals surface area contributed by atoms with Gasteiger partial charge in [-0.1, -0.05) is 20.8 Å². The first-order chi connectivity index (χ1) is 10.9. The molecule has 1 fully saturated rings. The normalized spacial score (nSPS) is 16.1. The van der Waals surface area contributed by atoms with Crippen molar-refractivity contribution in [2.24, 2.45) is 5.41 Å². The summed E-state index contributed by atoms with van der Waals surface area (Å²) < 4.78 is 11.1. The first-order valence-corrected chi connectivity index (χ1v) is 8.29. The van der Waals surface area contributed by atoms with Gasteiger partial charge >= 0.3 is 0 Å². The van der Waals surface area contributed by atoms with Crippen molar-refractivity contribution >= 4 is 11.6 Å². The lowest BCUT2D eigenvalue weighted by Gasteiger charge is -2.26. The molecule has 1 aliphatic heterocycles. The summed E-state index contributed by atoms with van der Waals surface area (Å²) in [6.45, 7) is 11.1. The van der Waals surface area contributed by atoms with Gasteiger partial charge in [0, 0.05) is 30.7 Å². The second-order valence-corrected chi connectivity index (χ2v) is 6.88. The summed E-state index contributed by atoms with van der Waals surface area (Å²) in [5.74, 6) is 0.845. The Kier molecular flexibility index (Phi) is 6.42. The van der Waals surface area contributed by atoms with Crippen molar-refractivity contribution < 1.29 is 14.3 Å². The van der Waals surface area contributed by atoms with Crippen molar-refractivity contribution in [1.29, 1.82) is 0 Å². The summed E-state index contributed by atoms with van der Waals surface area (Å²) in [5.41, 5.74) is 0.403. The highest BCUT2D eigenvalue weighted by Crippen LogP contribution is 2.20. The van der Waals surface area contributed by atoms with Crippen molar-refractivity contribution in [3.05, 3.63) is 24.3 Å². The molecule has 1 saturated heterocycles. The number of ether oxygens (including phenoxy) is 2. The first kappa shape index (κ1) is 17.8. The second kappa shape index (κ2) is 8.31. The number of rotatable bonds is 6. The molecule has 128 valence electrons. The lowest BCUT2D eigenvalue weighted by molar-refractivity contribution is -0.123. The van der Waals surface area contributed by atoms with Crippen molar-refractivity contribution in [2.45, 2.75) is 27.2 Å². The van der Waals surface area contributed by atoms with Crippen LogP contribution in [0.5, 0.6) is 5.75 Å². The number of hydrogen-bond donors (Lipinski definition) is 1. The summed E-state index contributed by atoms with van der Waals surface area (Å²) in [7, 11) is 0. The number of nitrogens with zero attached hydrogens (tertiary/aromatic N) is 1. The van der Waals surface area contributed by atoms with Crippen LogP contribution < -0.4 is 10.1 Å². The third-order valence-electron chi connectivity index (χ3n) is 3.78. The molecule has 0 unspecified atom stereocenters. The van der Waals surface area contributed by atoms with Crippen LogP contribution in [0.3, 0.4) is 0 Å². The SMILES string of the molecule is CC(C)(C)C(=O)Nc1ccc(OCCCN2CCOCC2)cc1. The van der Waals surface area contributed by atoms with Crippen LogP contribution in [0.2, 0.25) is 0 Å². The standard InChI is InChI=1S/C18H28N2O3/c1-18(2,3)17(21)19-15-5-7-16(8-6-15)23-12-4-9-20-10-13-22-14-11-20/h5-8H,4,9-14H2,1-3H3,(H,19,21). The maximum atomic E-state index is 11.9. The van der Waals surface area contributed by atoms with Crippen molar-refractivity contribution in [3.63, 3.8) is 0 Å². The lowest BCUT2D eigenvalue weighted by atomic mass is 9.95. The van der Waals surface area contributed by atoms with Crippen molar-refractivity contribution in [1.82, 2.24) is 4.90 Å². The van der Waals surface area contributed by atoms with Gasteiger partial charge < -0.3 is 14.8 Å². The molecule has 0 radical (unpaired) electrons. The molecule has 1 aromatic carbocycles. The molecule has 2 rings (SSSR count). The van der Waals surface area contributed by atoms with E-state index in [1.165, 1.54) is 0 Å². The van der Waals surface area contributed by atoms with Crippen LogP contribution in [0.1, 0.15) is 27.2 Å². The summed E-state index contributed by atoms with van der Waals surface area (Å²) in [4.78, 5) is 14.3. The number of carbonyl (C=O) groups excluding carboxylic acids is 1. The number of hydrogen-bond acceptors (Lipinski definition) is 4. The summed E-state index contributed by atoms with van der Waals surface area (Å²) in [6.07, 6.45) is 1.00. The molecular formula is C18H28N2O3. The fourth-order valence-electron chi connectivity index (χ4n) is 2.26. The Hall–Kier alpha value is -1.59. The Bertz CT molecular complexity index is 488. The molecule has 0 saturated carbocycles. The maximum absolute atomic E-state index is 11.9. The predicted octanol–water partition coefficient (Wildman–Crippen LogP) is 2.77. The average Bonchev–Trinajstić information content (AvgIpc) is 2.53. The van der Waals surface area contributed by atoms with E-state index in [1.54, 1.807) is 0 Å². The average molecular weight is 320 g/mol. The minimum atomic E-state index is -0.394. The summed E-state index contributed by atoms with van der Waals surface area (Å²) >= 11 is 0. The lowest BCUT2D eigenvalue weighted by Crippen LogP contribution is -2.37. The molecule has 1 N–H and O–H groups in total. The van der Waals surface area contributed by atoms with Crippen molar-refractivity contribution in [2.75, 3.05) is 44.8 Å². The zero-order valence-corrected chi connectivity index (χ0v) is 14.4. The second-order valence-electron chi connectivity index (χ2n) is 6.88. The molecule has 1 amide bonds. The van der Waals surface area contributed by atoms with Gasteiger partial charge in [-0.3, -0.25) is 9.69 Å². The van der Waals surface area contributed by atoms with E-state index in [4.69, 9.17) is 9.47 Å². The maximum Gasteiger partial charge on any atom is 0.229 e. The van der Waals surface area contributed by atoms with Crippen LogP contribution in [-0.4, -0.2) is 50.3 Å². The highest BCUT2D eigenvalue weighted by molar-refractivity contribution is 5.94. The summed E-state index contributed by atoms with van der Waals surface area (Å²) in [5, 5.41) is 2.91. The highest BCUT2D eigenvalue weighted by atomic mass is 16.5. The van der Waals surface area contributed by atoms with Gasteiger partial charge in [0.15, 0.2) is 0 Å². The molecule has 0 spiro atoms. The van der Waals surface area contributed by atoms with E-state index in [-0.39, 0.29) is 5.91 Å². The first-order valence-electron chi connectivity index (χ1n) is 8.29. The van der Waals surface area contributed by atoms with E-state index in [0.717, 1.165) is 50.7 Å². The number of nitrogens with one attached hydrogen (secondary N) is 1. The Morgan fingerprint density at radius 3 is 2.48 bits per heavy atom. The Morgan fingerprint density at radius 2 is 1.87 bits per heavy atom.